The van der Waals surface area contributed by atoms with E-state index in [4.69, 9.17) is 4.74 Å². The summed E-state index contributed by atoms with van der Waals surface area (Å²) in [6.45, 7) is 3.76. The number of carbonyl (C=O) groups excluding carboxylic acids is 2. The molecule has 166 valence electrons. The van der Waals surface area contributed by atoms with Gasteiger partial charge >= 0.3 is 0 Å². The van der Waals surface area contributed by atoms with Gasteiger partial charge in [-0.25, -0.2) is 0 Å². The zero-order valence-corrected chi connectivity index (χ0v) is 19.0. The number of hydrogen-bond acceptors (Lipinski definition) is 3. The van der Waals surface area contributed by atoms with Crippen LogP contribution < -0.4 is 4.74 Å². The molecule has 5 nitrogen and oxygen atoms in total. The predicted octanol–water partition coefficient (Wildman–Crippen LogP) is 4.67. The Balaban J connectivity index is 1.49. The first-order valence-corrected chi connectivity index (χ1v) is 11.1. The van der Waals surface area contributed by atoms with E-state index < -0.39 is 0 Å². The van der Waals surface area contributed by atoms with E-state index in [2.05, 4.69) is 31.2 Å². The first-order chi connectivity index (χ1) is 15.5. The molecule has 0 N–H and O–H groups in total. The number of amides is 2. The van der Waals surface area contributed by atoms with Crippen molar-refractivity contribution in [1.82, 2.24) is 9.80 Å². The fourth-order valence-corrected chi connectivity index (χ4v) is 4.53. The van der Waals surface area contributed by atoms with Crippen molar-refractivity contribution in [3.8, 4) is 5.75 Å². The first-order valence-electron chi connectivity index (χ1n) is 11.1. The molecule has 0 radical (unpaired) electrons. The largest absolute Gasteiger partial charge is 0.496 e. The third-order valence-electron chi connectivity index (χ3n) is 6.31. The highest BCUT2D eigenvalue weighted by molar-refractivity contribution is 6.08. The van der Waals surface area contributed by atoms with Gasteiger partial charge in [0.15, 0.2) is 0 Å². The minimum Gasteiger partial charge on any atom is -0.496 e. The van der Waals surface area contributed by atoms with Gasteiger partial charge in [-0.1, -0.05) is 54.1 Å². The van der Waals surface area contributed by atoms with Gasteiger partial charge in [0.2, 0.25) is 5.91 Å². The van der Waals surface area contributed by atoms with Gasteiger partial charge < -0.3 is 14.5 Å². The summed E-state index contributed by atoms with van der Waals surface area (Å²) in [5.74, 6) is 0.652. The lowest BCUT2D eigenvalue weighted by Gasteiger charge is -2.34. The Morgan fingerprint density at radius 1 is 1.03 bits per heavy atom. The quantitative estimate of drug-likeness (QED) is 0.591. The van der Waals surface area contributed by atoms with Crippen molar-refractivity contribution in [2.24, 2.45) is 5.92 Å². The molecule has 5 heteroatoms. The lowest BCUT2D eigenvalue weighted by molar-refractivity contribution is -0.136. The molecule has 1 unspecified atom stereocenters. The smallest absolute Gasteiger partial charge is 0.254 e. The number of nitrogens with zero attached hydrogens (tertiary/aromatic N) is 2. The van der Waals surface area contributed by atoms with Gasteiger partial charge in [0, 0.05) is 37.6 Å². The molecule has 0 aliphatic carbocycles. The van der Waals surface area contributed by atoms with Gasteiger partial charge in [0.25, 0.3) is 5.91 Å². The van der Waals surface area contributed by atoms with Crippen molar-refractivity contribution in [3.63, 3.8) is 0 Å². The van der Waals surface area contributed by atoms with Crippen molar-refractivity contribution >= 4 is 22.6 Å². The van der Waals surface area contributed by atoms with Gasteiger partial charge in [0.05, 0.1) is 13.0 Å². The van der Waals surface area contributed by atoms with Gasteiger partial charge in [-0.15, -0.1) is 0 Å². The minimum absolute atomic E-state index is 0.0254. The van der Waals surface area contributed by atoms with E-state index >= 15 is 0 Å². The van der Waals surface area contributed by atoms with Crippen LogP contribution >= 0.6 is 0 Å². The monoisotopic (exact) mass is 430 g/mol. The molecule has 1 aliphatic heterocycles. The average molecular weight is 431 g/mol. The molecule has 3 aromatic carbocycles. The van der Waals surface area contributed by atoms with Crippen LogP contribution in [0, 0.1) is 12.8 Å². The maximum Gasteiger partial charge on any atom is 0.254 e. The lowest BCUT2D eigenvalue weighted by atomic mass is 9.95. The molecule has 2 amide bonds. The van der Waals surface area contributed by atoms with Gasteiger partial charge in [-0.3, -0.25) is 9.59 Å². The SMILES string of the molecule is COc1ccc(C(=O)N2CCCC(C(=O)N(C)Cc3ccc(C)cc3)C2)c2ccccc12. The Hall–Kier alpha value is -3.34. The molecule has 1 aliphatic rings. The summed E-state index contributed by atoms with van der Waals surface area (Å²) < 4.78 is 5.46. The second kappa shape index (κ2) is 9.43. The Kier molecular flexibility index (Phi) is 6.45. The zero-order valence-electron chi connectivity index (χ0n) is 19.0. The molecule has 0 bridgehead atoms. The van der Waals surface area contributed by atoms with Crippen LogP contribution in [0.2, 0.25) is 0 Å². The van der Waals surface area contributed by atoms with E-state index in [1.807, 2.05) is 48.3 Å². The fourth-order valence-electron chi connectivity index (χ4n) is 4.53. The van der Waals surface area contributed by atoms with E-state index in [0.717, 1.165) is 34.9 Å². The number of piperidine rings is 1. The Bertz CT molecular complexity index is 1120. The van der Waals surface area contributed by atoms with Crippen LogP contribution in [-0.4, -0.2) is 48.9 Å². The summed E-state index contributed by atoms with van der Waals surface area (Å²) in [5, 5.41) is 1.80. The van der Waals surface area contributed by atoms with E-state index in [1.54, 1.807) is 12.0 Å². The second-order valence-corrected chi connectivity index (χ2v) is 8.63. The highest BCUT2D eigenvalue weighted by Crippen LogP contribution is 2.30. The number of fused-ring (bicyclic) bond motifs is 1. The van der Waals surface area contributed by atoms with Crippen LogP contribution in [0.1, 0.15) is 34.3 Å². The van der Waals surface area contributed by atoms with Crippen LogP contribution in [0.25, 0.3) is 10.8 Å². The molecule has 1 fully saturated rings. The van der Waals surface area contributed by atoms with Crippen molar-refractivity contribution in [2.45, 2.75) is 26.3 Å². The molecule has 3 aromatic rings. The van der Waals surface area contributed by atoms with Crippen LogP contribution in [0.15, 0.2) is 60.7 Å². The van der Waals surface area contributed by atoms with Gasteiger partial charge in [0.1, 0.15) is 5.75 Å². The average Bonchev–Trinajstić information content (AvgIpc) is 2.84. The van der Waals surface area contributed by atoms with Crippen LogP contribution in [0.4, 0.5) is 0 Å². The van der Waals surface area contributed by atoms with Crippen LogP contribution in [-0.2, 0) is 11.3 Å². The summed E-state index contributed by atoms with van der Waals surface area (Å²) in [6, 6.07) is 19.7. The Morgan fingerprint density at radius 2 is 1.75 bits per heavy atom. The highest BCUT2D eigenvalue weighted by atomic mass is 16.5. The number of carbonyl (C=O) groups is 2. The first kappa shape index (κ1) is 21.9. The molecule has 4 rings (SSSR count). The number of hydrogen-bond donors (Lipinski definition) is 0. The second-order valence-electron chi connectivity index (χ2n) is 8.63. The summed E-state index contributed by atoms with van der Waals surface area (Å²) in [4.78, 5) is 30.2. The molecular formula is C27H30N2O3. The number of likely N-dealkylation sites (tertiary alicyclic amines) is 1. The van der Waals surface area contributed by atoms with Crippen molar-refractivity contribution < 1.29 is 14.3 Å². The minimum atomic E-state index is -0.173. The maximum absolute atomic E-state index is 13.4. The molecular weight excluding hydrogens is 400 g/mol. The van der Waals surface area contributed by atoms with Crippen molar-refractivity contribution in [2.75, 3.05) is 27.2 Å². The third-order valence-corrected chi connectivity index (χ3v) is 6.31. The molecule has 1 atom stereocenters. The van der Waals surface area contributed by atoms with Crippen molar-refractivity contribution in [3.05, 3.63) is 77.4 Å². The standard InChI is InChI=1S/C27H30N2O3/c1-19-10-12-20(13-11-19)17-28(2)26(30)21-7-6-16-29(18-21)27(31)24-14-15-25(32-3)23-9-5-4-8-22(23)24/h4-5,8-15,21H,6-7,16-18H2,1-3H3. The Labute approximate surface area is 189 Å². The summed E-state index contributed by atoms with van der Waals surface area (Å²) in [7, 11) is 3.48. The fraction of sp³-hybridized carbons (Fsp3) is 0.333. The number of methoxy groups -OCH3 is 1. The third kappa shape index (κ3) is 4.47. The van der Waals surface area contributed by atoms with Gasteiger partial charge in [-0.2, -0.15) is 0 Å². The number of rotatable bonds is 5. The highest BCUT2D eigenvalue weighted by Gasteiger charge is 2.31. The number of ether oxygens (including phenoxy) is 1. The molecule has 0 aromatic heterocycles. The van der Waals surface area contributed by atoms with Crippen LogP contribution in [0.5, 0.6) is 5.75 Å². The van der Waals surface area contributed by atoms with Gasteiger partial charge in [-0.05, 0) is 42.8 Å². The lowest BCUT2D eigenvalue weighted by Crippen LogP contribution is -2.45. The van der Waals surface area contributed by atoms with E-state index in [-0.39, 0.29) is 17.7 Å². The van der Waals surface area contributed by atoms with Crippen LogP contribution in [0.3, 0.4) is 0 Å². The number of aryl methyl sites for hydroxylation is 1. The van der Waals surface area contributed by atoms with E-state index in [9.17, 15) is 9.59 Å². The van der Waals surface area contributed by atoms with E-state index in [1.165, 1.54) is 5.56 Å². The predicted molar refractivity (Wildman–Crippen MR) is 127 cm³/mol. The molecule has 1 heterocycles. The molecule has 32 heavy (non-hydrogen) atoms. The number of benzene rings is 3. The zero-order chi connectivity index (χ0) is 22.7. The Morgan fingerprint density at radius 3 is 2.47 bits per heavy atom. The molecule has 0 saturated carbocycles. The summed E-state index contributed by atoms with van der Waals surface area (Å²) in [6.07, 6.45) is 1.64. The van der Waals surface area contributed by atoms with Crippen molar-refractivity contribution in [1.29, 1.82) is 0 Å². The molecule has 0 spiro atoms. The molecule has 1 saturated heterocycles. The maximum atomic E-state index is 13.4. The van der Waals surface area contributed by atoms with E-state index in [0.29, 0.717) is 25.2 Å². The summed E-state index contributed by atoms with van der Waals surface area (Å²) >= 11 is 0. The normalized spacial score (nSPS) is 16.1. The summed E-state index contributed by atoms with van der Waals surface area (Å²) in [5.41, 5.74) is 2.97. The topological polar surface area (TPSA) is 49.9 Å².